The Balaban J connectivity index is 1.61. The van der Waals surface area contributed by atoms with E-state index in [0.717, 1.165) is 11.3 Å². The summed E-state index contributed by atoms with van der Waals surface area (Å²) in [7, 11) is 0. The van der Waals surface area contributed by atoms with Crippen molar-refractivity contribution in [1.82, 2.24) is 14.8 Å². The predicted molar refractivity (Wildman–Crippen MR) is 109 cm³/mol. The molecule has 0 amide bonds. The van der Waals surface area contributed by atoms with Crippen LogP contribution in [0.15, 0.2) is 84.9 Å². The van der Waals surface area contributed by atoms with Gasteiger partial charge >= 0.3 is 5.97 Å². The summed E-state index contributed by atoms with van der Waals surface area (Å²) in [6.45, 7) is -0.124. The molecule has 0 aliphatic rings. The van der Waals surface area contributed by atoms with Crippen molar-refractivity contribution in [3.8, 4) is 17.1 Å². The monoisotopic (exact) mass is 400 g/mol. The molecule has 0 fully saturated rings. The Hall–Kier alpha value is -4.33. The van der Waals surface area contributed by atoms with Crippen molar-refractivity contribution < 1.29 is 14.5 Å². The second-order valence-corrected chi connectivity index (χ2v) is 6.38. The predicted octanol–water partition coefficient (Wildman–Crippen LogP) is 4.20. The number of nitrogens with zero attached hydrogens (tertiary/aromatic N) is 4. The van der Waals surface area contributed by atoms with Crippen LogP contribution in [-0.4, -0.2) is 25.7 Å². The number of benzene rings is 3. The Morgan fingerprint density at radius 3 is 2.37 bits per heavy atom. The van der Waals surface area contributed by atoms with Crippen molar-refractivity contribution in [1.29, 1.82) is 0 Å². The molecule has 4 rings (SSSR count). The maximum absolute atomic E-state index is 12.6. The van der Waals surface area contributed by atoms with Crippen LogP contribution in [0.2, 0.25) is 0 Å². The molecule has 0 bridgehead atoms. The van der Waals surface area contributed by atoms with Crippen LogP contribution < -0.4 is 0 Å². The fourth-order valence-corrected chi connectivity index (χ4v) is 2.90. The molecule has 0 unspecified atom stereocenters. The molecule has 3 aromatic carbocycles. The van der Waals surface area contributed by atoms with Crippen LogP contribution in [0.1, 0.15) is 16.2 Å². The summed E-state index contributed by atoms with van der Waals surface area (Å²) in [4.78, 5) is 27.4. The van der Waals surface area contributed by atoms with Crippen molar-refractivity contribution in [3.63, 3.8) is 0 Å². The molecule has 0 spiro atoms. The lowest BCUT2D eigenvalue weighted by Gasteiger charge is -2.05. The molecule has 0 aliphatic heterocycles. The number of non-ortho nitro benzene ring substituents is 1. The first-order valence-corrected chi connectivity index (χ1v) is 9.10. The number of ether oxygens (including phenoxy) is 1. The molecule has 30 heavy (non-hydrogen) atoms. The lowest BCUT2D eigenvalue weighted by molar-refractivity contribution is -0.384. The van der Waals surface area contributed by atoms with Gasteiger partial charge in [-0.2, -0.15) is 0 Å². The van der Waals surface area contributed by atoms with E-state index in [9.17, 15) is 14.9 Å². The maximum atomic E-state index is 12.6. The van der Waals surface area contributed by atoms with Gasteiger partial charge in [0.15, 0.2) is 5.82 Å². The van der Waals surface area contributed by atoms with Crippen molar-refractivity contribution in [2.75, 3.05) is 0 Å². The first-order valence-electron chi connectivity index (χ1n) is 9.10. The van der Waals surface area contributed by atoms with Gasteiger partial charge in [0, 0.05) is 17.7 Å². The molecule has 1 aromatic heterocycles. The van der Waals surface area contributed by atoms with Gasteiger partial charge in [-0.3, -0.25) is 10.1 Å². The van der Waals surface area contributed by atoms with Gasteiger partial charge in [0.1, 0.15) is 6.61 Å². The van der Waals surface area contributed by atoms with Gasteiger partial charge in [-0.1, -0.05) is 60.7 Å². The minimum absolute atomic E-state index is 0.0682. The quantitative estimate of drug-likeness (QED) is 0.273. The number of para-hydroxylation sites is 1. The van der Waals surface area contributed by atoms with E-state index in [1.807, 2.05) is 60.7 Å². The number of hydrogen-bond donors (Lipinski definition) is 0. The molecule has 0 atom stereocenters. The highest BCUT2D eigenvalue weighted by Gasteiger charge is 2.20. The summed E-state index contributed by atoms with van der Waals surface area (Å²) in [5.74, 6) is -0.305. The normalized spacial score (nSPS) is 10.5. The molecule has 0 aliphatic carbocycles. The zero-order valence-corrected chi connectivity index (χ0v) is 15.7. The molecule has 148 valence electrons. The molecule has 8 heteroatoms. The standard InChI is InChI=1S/C22H16N4O4/c27-22(30-15-16-8-7-13-19(14-16)26(28)29)20-23-21(17-9-3-1-4-10-17)25(24-20)18-11-5-2-6-12-18/h1-14H,15H2. The molecule has 1 heterocycles. The van der Waals surface area contributed by atoms with E-state index >= 15 is 0 Å². The summed E-state index contributed by atoms with van der Waals surface area (Å²) in [5, 5.41) is 15.2. The number of nitro groups is 1. The van der Waals surface area contributed by atoms with E-state index in [1.54, 1.807) is 10.7 Å². The number of carbonyl (C=O) groups is 1. The van der Waals surface area contributed by atoms with Crippen LogP contribution in [0.3, 0.4) is 0 Å². The molecule has 0 saturated heterocycles. The second-order valence-electron chi connectivity index (χ2n) is 6.38. The Labute approximate surface area is 171 Å². The van der Waals surface area contributed by atoms with E-state index in [4.69, 9.17) is 4.74 Å². The maximum Gasteiger partial charge on any atom is 0.378 e. The summed E-state index contributed by atoms with van der Waals surface area (Å²) < 4.78 is 6.87. The molecule has 0 N–H and O–H groups in total. The van der Waals surface area contributed by atoms with Crippen LogP contribution in [0.5, 0.6) is 0 Å². The van der Waals surface area contributed by atoms with Crippen LogP contribution in [0, 0.1) is 10.1 Å². The van der Waals surface area contributed by atoms with E-state index in [1.165, 1.54) is 18.2 Å². The van der Waals surface area contributed by atoms with Crippen molar-refractivity contribution in [3.05, 3.63) is 106 Å². The first kappa shape index (κ1) is 19.0. The molecule has 8 nitrogen and oxygen atoms in total. The first-order chi connectivity index (χ1) is 14.6. The van der Waals surface area contributed by atoms with Crippen molar-refractivity contribution in [2.24, 2.45) is 0 Å². The number of hydrogen-bond acceptors (Lipinski definition) is 6. The molecular weight excluding hydrogens is 384 g/mol. The van der Waals surface area contributed by atoms with Gasteiger partial charge in [0.25, 0.3) is 11.5 Å². The largest absolute Gasteiger partial charge is 0.455 e. The zero-order valence-electron chi connectivity index (χ0n) is 15.7. The number of esters is 1. The van der Waals surface area contributed by atoms with E-state index < -0.39 is 10.9 Å². The summed E-state index contributed by atoms with van der Waals surface area (Å²) in [6, 6.07) is 24.7. The van der Waals surface area contributed by atoms with Gasteiger partial charge < -0.3 is 4.74 Å². The number of rotatable bonds is 6. The van der Waals surface area contributed by atoms with Gasteiger partial charge in [-0.05, 0) is 17.7 Å². The van der Waals surface area contributed by atoms with E-state index in [2.05, 4.69) is 10.1 Å². The summed E-state index contributed by atoms with van der Waals surface area (Å²) in [6.07, 6.45) is 0. The Bertz CT molecular complexity index is 1130. The topological polar surface area (TPSA) is 100 Å². The smallest absolute Gasteiger partial charge is 0.378 e. The van der Waals surface area contributed by atoms with E-state index in [-0.39, 0.29) is 18.1 Å². The third-order valence-corrected chi connectivity index (χ3v) is 4.31. The third-order valence-electron chi connectivity index (χ3n) is 4.31. The third kappa shape index (κ3) is 4.07. The number of nitro benzene ring substituents is 1. The zero-order chi connectivity index (χ0) is 20.9. The Morgan fingerprint density at radius 1 is 0.967 bits per heavy atom. The minimum atomic E-state index is -0.714. The summed E-state index contributed by atoms with van der Waals surface area (Å²) >= 11 is 0. The molecule has 0 radical (unpaired) electrons. The Morgan fingerprint density at radius 2 is 1.67 bits per heavy atom. The SMILES string of the molecule is O=C(OCc1cccc([N+](=O)[O-])c1)c1nc(-c2ccccc2)n(-c2ccccc2)n1. The lowest BCUT2D eigenvalue weighted by atomic mass is 10.2. The highest BCUT2D eigenvalue weighted by atomic mass is 16.6. The highest BCUT2D eigenvalue weighted by Crippen LogP contribution is 2.21. The highest BCUT2D eigenvalue weighted by molar-refractivity contribution is 5.86. The molecular formula is C22H16N4O4. The fraction of sp³-hybridized carbons (Fsp3) is 0.0455. The second kappa shape index (κ2) is 8.36. The van der Waals surface area contributed by atoms with Gasteiger partial charge in [0.2, 0.25) is 0 Å². The van der Waals surface area contributed by atoms with Gasteiger partial charge in [-0.25, -0.2) is 14.5 Å². The Kier molecular flexibility index (Phi) is 5.29. The van der Waals surface area contributed by atoms with Crippen molar-refractivity contribution >= 4 is 11.7 Å². The van der Waals surface area contributed by atoms with Crippen LogP contribution in [-0.2, 0) is 11.3 Å². The average molecular weight is 400 g/mol. The fourth-order valence-electron chi connectivity index (χ4n) is 2.90. The van der Waals surface area contributed by atoms with Crippen molar-refractivity contribution in [2.45, 2.75) is 6.61 Å². The van der Waals surface area contributed by atoms with E-state index in [0.29, 0.717) is 11.4 Å². The van der Waals surface area contributed by atoms with Crippen LogP contribution >= 0.6 is 0 Å². The number of carbonyl (C=O) groups excluding carboxylic acids is 1. The minimum Gasteiger partial charge on any atom is -0.455 e. The number of aromatic nitrogens is 3. The molecule has 0 saturated carbocycles. The molecule has 4 aromatic rings. The van der Waals surface area contributed by atoms with Gasteiger partial charge in [-0.15, -0.1) is 5.10 Å². The lowest BCUT2D eigenvalue weighted by Crippen LogP contribution is -2.08. The van der Waals surface area contributed by atoms with Gasteiger partial charge in [0.05, 0.1) is 10.6 Å². The average Bonchev–Trinajstić information content (AvgIpc) is 3.24. The summed E-state index contributed by atoms with van der Waals surface area (Å²) in [5.41, 5.74) is 1.98. The van der Waals surface area contributed by atoms with Crippen LogP contribution in [0.4, 0.5) is 5.69 Å². The van der Waals surface area contributed by atoms with Crippen LogP contribution in [0.25, 0.3) is 17.1 Å².